The molecule has 0 aliphatic heterocycles. The van der Waals surface area contributed by atoms with Crippen LogP contribution in [0.4, 0.5) is 34.1 Å². The van der Waals surface area contributed by atoms with Crippen LogP contribution in [0, 0.1) is 0 Å². The number of nitrogens with zero attached hydrogens (tertiary/aromatic N) is 3. The summed E-state index contributed by atoms with van der Waals surface area (Å²) in [5, 5.41) is 2.47. The molecule has 288 valence electrons. The van der Waals surface area contributed by atoms with Crippen molar-refractivity contribution in [2.75, 3.05) is 9.80 Å². The Kier molecular flexibility index (Phi) is 8.98. The van der Waals surface area contributed by atoms with E-state index >= 15 is 0 Å². The van der Waals surface area contributed by atoms with Crippen LogP contribution < -0.4 is 9.80 Å². The first-order valence-electron chi connectivity index (χ1n) is 20.9. The molecule has 0 spiro atoms. The summed E-state index contributed by atoms with van der Waals surface area (Å²) >= 11 is 0. The normalized spacial score (nSPS) is 14.2. The van der Waals surface area contributed by atoms with Crippen molar-refractivity contribution in [2.24, 2.45) is 0 Å². The van der Waals surface area contributed by atoms with Gasteiger partial charge in [-0.25, -0.2) is 0 Å². The Bertz CT molecular complexity index is 2910. The first-order valence-corrected chi connectivity index (χ1v) is 20.9. The minimum Gasteiger partial charge on any atom is -0.310 e. The average Bonchev–Trinajstić information content (AvgIpc) is 3.61. The zero-order valence-electron chi connectivity index (χ0n) is 34.3. The zero-order chi connectivity index (χ0) is 40.1. The molecule has 59 heavy (non-hydrogen) atoms. The summed E-state index contributed by atoms with van der Waals surface area (Å²) in [6.07, 6.45) is 2.40. The van der Waals surface area contributed by atoms with Crippen LogP contribution in [0.3, 0.4) is 0 Å². The Balaban J connectivity index is 1.00. The first-order chi connectivity index (χ1) is 28.7. The molecule has 0 saturated heterocycles. The fourth-order valence-corrected chi connectivity index (χ4v) is 9.33. The summed E-state index contributed by atoms with van der Waals surface area (Å²) in [6, 6.07) is 72.9. The number of aromatic nitrogens is 1. The third-order valence-corrected chi connectivity index (χ3v) is 12.6. The molecule has 9 aromatic rings. The third kappa shape index (κ3) is 6.57. The van der Waals surface area contributed by atoms with E-state index in [9.17, 15) is 0 Å². The predicted octanol–water partition coefficient (Wildman–Crippen LogP) is 15.7. The summed E-state index contributed by atoms with van der Waals surface area (Å²) < 4.78 is 2.37. The Morgan fingerprint density at radius 1 is 0.356 bits per heavy atom. The lowest BCUT2D eigenvalue weighted by Crippen LogP contribution is -2.34. The number of anilines is 6. The molecule has 0 atom stereocenters. The van der Waals surface area contributed by atoms with Crippen molar-refractivity contribution in [2.45, 2.75) is 51.4 Å². The number of para-hydroxylation sites is 4. The molecule has 1 heterocycles. The molecule has 1 aliphatic carbocycles. The highest BCUT2D eigenvalue weighted by Gasteiger charge is 2.37. The molecule has 0 saturated carbocycles. The van der Waals surface area contributed by atoms with Crippen LogP contribution in [-0.4, -0.2) is 4.57 Å². The molecule has 0 fully saturated rings. The average molecular weight is 764 g/mol. The lowest BCUT2D eigenvalue weighted by atomic mass is 9.63. The Labute approximate surface area is 348 Å². The standard InChI is InChI=1S/C56H49N3/c1-55(2)36-37-56(3,4)52-39-48(32-34-51(52)55)58(43-18-10-6-11-19-43)46-30-26-41(27-31-46)40-24-28-45(29-25-40)57(42-16-8-5-9-17-42)47-33-35-54-50(38-47)49-22-14-15-23-53(49)59(54)44-20-12-7-13-21-44/h5-35,38-39H,36-37H2,1-4H3. The minimum atomic E-state index is 0.130. The molecule has 8 aromatic carbocycles. The molecule has 1 aliphatic rings. The SMILES string of the molecule is CC1(C)CCC(C)(C)c2cc(N(c3ccccc3)c3ccc(-c4ccc(N(c5ccccc5)c5ccc6c(c5)c5ccccc5n6-c5ccccc5)cc4)cc3)ccc21. The van der Waals surface area contributed by atoms with E-state index in [2.05, 4.69) is 242 Å². The maximum Gasteiger partial charge on any atom is 0.0542 e. The van der Waals surface area contributed by atoms with Crippen LogP contribution in [0.2, 0.25) is 0 Å². The second kappa shape index (κ2) is 14.5. The minimum absolute atomic E-state index is 0.130. The van der Waals surface area contributed by atoms with Gasteiger partial charge in [-0.2, -0.15) is 0 Å². The van der Waals surface area contributed by atoms with E-state index in [4.69, 9.17) is 0 Å². The van der Waals surface area contributed by atoms with Crippen LogP contribution >= 0.6 is 0 Å². The van der Waals surface area contributed by atoms with Crippen LogP contribution in [0.5, 0.6) is 0 Å². The van der Waals surface area contributed by atoms with Gasteiger partial charge in [0, 0.05) is 50.6 Å². The lowest BCUT2D eigenvalue weighted by Gasteiger charge is -2.42. The molecule has 0 bridgehead atoms. The summed E-state index contributed by atoms with van der Waals surface area (Å²) in [4.78, 5) is 4.76. The smallest absolute Gasteiger partial charge is 0.0542 e. The van der Waals surface area contributed by atoms with Gasteiger partial charge < -0.3 is 14.4 Å². The molecule has 3 nitrogen and oxygen atoms in total. The largest absolute Gasteiger partial charge is 0.310 e. The van der Waals surface area contributed by atoms with Crippen LogP contribution in [0.25, 0.3) is 38.6 Å². The third-order valence-electron chi connectivity index (χ3n) is 12.6. The van der Waals surface area contributed by atoms with Gasteiger partial charge in [0.15, 0.2) is 0 Å². The molecule has 0 N–H and O–H groups in total. The number of hydrogen-bond acceptors (Lipinski definition) is 2. The Morgan fingerprint density at radius 3 is 1.36 bits per heavy atom. The predicted molar refractivity (Wildman–Crippen MR) is 251 cm³/mol. The van der Waals surface area contributed by atoms with E-state index in [1.165, 1.54) is 62.6 Å². The van der Waals surface area contributed by atoms with Gasteiger partial charge in [0.1, 0.15) is 0 Å². The molecule has 0 radical (unpaired) electrons. The Morgan fingerprint density at radius 2 is 0.780 bits per heavy atom. The van der Waals surface area contributed by atoms with Crippen molar-refractivity contribution in [3.8, 4) is 16.8 Å². The number of hydrogen-bond donors (Lipinski definition) is 0. The molecule has 3 heteroatoms. The van der Waals surface area contributed by atoms with Gasteiger partial charge in [0.05, 0.1) is 11.0 Å². The molecular weight excluding hydrogens is 715 g/mol. The number of benzene rings is 8. The molecule has 10 rings (SSSR count). The second-order valence-corrected chi connectivity index (χ2v) is 17.3. The fourth-order valence-electron chi connectivity index (χ4n) is 9.33. The van der Waals surface area contributed by atoms with E-state index in [1.807, 2.05) is 0 Å². The number of rotatable bonds is 8. The van der Waals surface area contributed by atoms with E-state index in [1.54, 1.807) is 0 Å². The molecular formula is C56H49N3. The van der Waals surface area contributed by atoms with E-state index in [0.717, 1.165) is 34.1 Å². The Hall–Kier alpha value is -6.84. The van der Waals surface area contributed by atoms with E-state index in [-0.39, 0.29) is 10.8 Å². The highest BCUT2D eigenvalue weighted by Crippen LogP contribution is 2.48. The van der Waals surface area contributed by atoms with Gasteiger partial charge in [0.25, 0.3) is 0 Å². The van der Waals surface area contributed by atoms with Crippen molar-refractivity contribution in [3.05, 3.63) is 211 Å². The van der Waals surface area contributed by atoms with Crippen molar-refractivity contribution >= 4 is 55.9 Å². The van der Waals surface area contributed by atoms with Crippen LogP contribution in [0.1, 0.15) is 51.7 Å². The lowest BCUT2D eigenvalue weighted by molar-refractivity contribution is 0.332. The first kappa shape index (κ1) is 36.5. The van der Waals surface area contributed by atoms with Gasteiger partial charge in [-0.3, -0.25) is 0 Å². The van der Waals surface area contributed by atoms with Gasteiger partial charge >= 0.3 is 0 Å². The zero-order valence-corrected chi connectivity index (χ0v) is 34.3. The summed E-state index contributed by atoms with van der Waals surface area (Å²) in [5.74, 6) is 0. The fraction of sp³-hybridized carbons (Fsp3) is 0.143. The maximum atomic E-state index is 2.45. The molecule has 0 unspecified atom stereocenters. The van der Waals surface area contributed by atoms with Gasteiger partial charge in [-0.1, -0.05) is 131 Å². The van der Waals surface area contributed by atoms with Gasteiger partial charge in [-0.05, 0) is 143 Å². The number of fused-ring (bicyclic) bond motifs is 4. The van der Waals surface area contributed by atoms with Gasteiger partial charge in [-0.15, -0.1) is 0 Å². The summed E-state index contributed by atoms with van der Waals surface area (Å²) in [6.45, 7) is 9.60. The topological polar surface area (TPSA) is 11.4 Å². The van der Waals surface area contributed by atoms with Crippen LogP contribution in [0.15, 0.2) is 200 Å². The monoisotopic (exact) mass is 763 g/mol. The quantitative estimate of drug-likeness (QED) is 0.153. The summed E-state index contributed by atoms with van der Waals surface area (Å²) in [7, 11) is 0. The molecule has 0 amide bonds. The van der Waals surface area contributed by atoms with Crippen molar-refractivity contribution in [3.63, 3.8) is 0 Å². The highest BCUT2D eigenvalue weighted by atomic mass is 15.1. The molecule has 1 aromatic heterocycles. The van der Waals surface area contributed by atoms with E-state index < -0.39 is 0 Å². The van der Waals surface area contributed by atoms with Crippen molar-refractivity contribution < 1.29 is 0 Å². The van der Waals surface area contributed by atoms with Crippen molar-refractivity contribution in [1.29, 1.82) is 0 Å². The maximum absolute atomic E-state index is 2.45. The second-order valence-electron chi connectivity index (χ2n) is 17.3. The van der Waals surface area contributed by atoms with Crippen LogP contribution in [-0.2, 0) is 10.8 Å². The van der Waals surface area contributed by atoms with Crippen molar-refractivity contribution in [1.82, 2.24) is 4.57 Å². The summed E-state index contributed by atoms with van der Waals surface area (Å²) in [5.41, 5.74) is 16.0. The van der Waals surface area contributed by atoms with Gasteiger partial charge in [0.2, 0.25) is 0 Å². The van der Waals surface area contributed by atoms with E-state index in [0.29, 0.717) is 0 Å². The highest BCUT2D eigenvalue weighted by molar-refractivity contribution is 6.10.